The Balaban J connectivity index is 3.06. The average Bonchev–Trinajstić information content (AvgIpc) is 2.26. The van der Waals surface area contributed by atoms with Crippen LogP contribution in [0.2, 0.25) is 0 Å². The van der Waals surface area contributed by atoms with Gasteiger partial charge in [0.1, 0.15) is 5.56 Å². The number of aryl methyl sites for hydroxylation is 2. The molecule has 1 heterocycles. The van der Waals surface area contributed by atoms with Gasteiger partial charge in [0, 0.05) is 18.1 Å². The van der Waals surface area contributed by atoms with Crippen molar-refractivity contribution in [2.24, 2.45) is 7.05 Å². The summed E-state index contributed by atoms with van der Waals surface area (Å²) in [6, 6.07) is 5.47. The van der Waals surface area contributed by atoms with E-state index in [2.05, 4.69) is 0 Å². The summed E-state index contributed by atoms with van der Waals surface area (Å²) in [7, 11) is 1.76. The molecular formula is C13H13NO3. The molecule has 2 rings (SSSR count). The summed E-state index contributed by atoms with van der Waals surface area (Å²) in [5.41, 5.74) is 1.61. The van der Waals surface area contributed by atoms with Crippen LogP contribution >= 0.6 is 0 Å². The number of pyridine rings is 1. The lowest BCUT2D eigenvalue weighted by molar-refractivity contribution is 0.0694. The molecule has 0 fully saturated rings. The van der Waals surface area contributed by atoms with Crippen LogP contribution in [0.15, 0.2) is 23.0 Å². The summed E-state index contributed by atoms with van der Waals surface area (Å²) in [5, 5.41) is 9.54. The van der Waals surface area contributed by atoms with Gasteiger partial charge >= 0.3 is 5.97 Å². The second kappa shape index (κ2) is 3.73. The molecule has 17 heavy (non-hydrogen) atoms. The number of carbonyl (C=O) groups is 1. The fraction of sp³-hybridized carbons (Fsp3) is 0.231. The zero-order valence-corrected chi connectivity index (χ0v) is 9.94. The molecule has 0 amide bonds. The lowest BCUT2D eigenvalue weighted by atomic mass is 10.1. The van der Waals surface area contributed by atoms with Gasteiger partial charge in [-0.25, -0.2) is 4.79 Å². The summed E-state index contributed by atoms with van der Waals surface area (Å²) < 4.78 is 1.74. The van der Waals surface area contributed by atoms with Gasteiger partial charge in [0.25, 0.3) is 0 Å². The van der Waals surface area contributed by atoms with E-state index in [1.165, 1.54) is 0 Å². The number of aromatic carboxylic acids is 1. The molecule has 0 aliphatic heterocycles. The number of benzene rings is 1. The standard InChI is InChI=1S/C13H13NO3/c1-7-4-5-10-9(6-7)12(15)11(13(16)17)8(2)14(10)3/h4-6H,1-3H3,(H,16,17). The topological polar surface area (TPSA) is 59.3 Å². The fourth-order valence-electron chi connectivity index (χ4n) is 2.02. The van der Waals surface area contributed by atoms with Crippen molar-refractivity contribution in [2.75, 3.05) is 0 Å². The van der Waals surface area contributed by atoms with E-state index < -0.39 is 11.4 Å². The fourth-order valence-corrected chi connectivity index (χ4v) is 2.02. The zero-order valence-electron chi connectivity index (χ0n) is 9.94. The van der Waals surface area contributed by atoms with Gasteiger partial charge in [0.15, 0.2) is 0 Å². The predicted molar refractivity (Wildman–Crippen MR) is 65.6 cm³/mol. The number of aromatic nitrogens is 1. The van der Waals surface area contributed by atoms with Gasteiger partial charge < -0.3 is 9.67 Å². The molecule has 1 aromatic carbocycles. The minimum Gasteiger partial charge on any atom is -0.477 e. The van der Waals surface area contributed by atoms with Crippen LogP contribution in [0.1, 0.15) is 21.6 Å². The molecule has 0 aliphatic carbocycles. The summed E-state index contributed by atoms with van der Waals surface area (Å²) in [6.07, 6.45) is 0. The molecule has 2 aromatic rings. The van der Waals surface area contributed by atoms with Gasteiger partial charge in [-0.2, -0.15) is 0 Å². The number of carboxylic acids is 1. The minimum atomic E-state index is -1.17. The van der Waals surface area contributed by atoms with Crippen molar-refractivity contribution in [1.82, 2.24) is 4.57 Å². The van der Waals surface area contributed by atoms with Gasteiger partial charge in [-0.1, -0.05) is 11.6 Å². The molecule has 0 spiro atoms. The summed E-state index contributed by atoms with van der Waals surface area (Å²) >= 11 is 0. The van der Waals surface area contributed by atoms with Crippen LogP contribution < -0.4 is 5.43 Å². The molecule has 0 radical (unpaired) electrons. The number of rotatable bonds is 1. The van der Waals surface area contributed by atoms with Gasteiger partial charge in [-0.05, 0) is 26.0 Å². The normalized spacial score (nSPS) is 10.8. The molecule has 4 nitrogen and oxygen atoms in total. The maximum Gasteiger partial charge on any atom is 0.341 e. The largest absolute Gasteiger partial charge is 0.477 e. The Kier molecular flexibility index (Phi) is 2.50. The third-order valence-corrected chi connectivity index (χ3v) is 3.06. The summed E-state index contributed by atoms with van der Waals surface area (Å²) in [4.78, 5) is 23.2. The number of carboxylic acid groups (broad SMARTS) is 1. The smallest absolute Gasteiger partial charge is 0.341 e. The summed E-state index contributed by atoms with van der Waals surface area (Å²) in [6.45, 7) is 3.52. The number of hydrogen-bond donors (Lipinski definition) is 1. The van der Waals surface area contributed by atoms with Crippen LogP contribution in [0.25, 0.3) is 10.9 Å². The van der Waals surface area contributed by atoms with Crippen LogP contribution in [0.3, 0.4) is 0 Å². The van der Waals surface area contributed by atoms with E-state index >= 15 is 0 Å². The Bertz CT molecular complexity index is 683. The van der Waals surface area contributed by atoms with Gasteiger partial charge in [0.05, 0.1) is 5.52 Å². The van der Waals surface area contributed by atoms with Crippen LogP contribution in [-0.4, -0.2) is 15.6 Å². The van der Waals surface area contributed by atoms with Crippen molar-refractivity contribution in [2.45, 2.75) is 13.8 Å². The van der Waals surface area contributed by atoms with Crippen LogP contribution in [0, 0.1) is 13.8 Å². The molecule has 4 heteroatoms. The molecule has 0 saturated carbocycles. The first-order valence-electron chi connectivity index (χ1n) is 5.26. The zero-order chi connectivity index (χ0) is 12.7. The third kappa shape index (κ3) is 1.62. The van der Waals surface area contributed by atoms with E-state index in [9.17, 15) is 9.59 Å². The molecule has 0 bridgehead atoms. The van der Waals surface area contributed by atoms with Gasteiger partial charge in [-0.3, -0.25) is 4.79 Å². The molecule has 1 aromatic heterocycles. The highest BCUT2D eigenvalue weighted by molar-refractivity contribution is 5.94. The molecule has 0 atom stereocenters. The number of nitrogens with zero attached hydrogens (tertiary/aromatic N) is 1. The average molecular weight is 231 g/mol. The van der Waals surface area contributed by atoms with Crippen molar-refractivity contribution in [3.05, 3.63) is 45.2 Å². The first-order valence-corrected chi connectivity index (χ1v) is 5.26. The predicted octanol–water partition coefficient (Wildman–Crippen LogP) is 1.85. The molecule has 0 saturated heterocycles. The Labute approximate surface area is 98.1 Å². The van der Waals surface area contributed by atoms with E-state index in [1.807, 2.05) is 19.1 Å². The highest BCUT2D eigenvalue weighted by Crippen LogP contribution is 2.16. The van der Waals surface area contributed by atoms with Crippen LogP contribution in [-0.2, 0) is 7.05 Å². The number of fused-ring (bicyclic) bond motifs is 1. The maximum absolute atomic E-state index is 12.1. The Hall–Kier alpha value is -2.10. The van der Waals surface area contributed by atoms with E-state index in [0.717, 1.165) is 11.1 Å². The first kappa shape index (κ1) is 11.4. The van der Waals surface area contributed by atoms with Crippen molar-refractivity contribution in [1.29, 1.82) is 0 Å². The monoisotopic (exact) mass is 231 g/mol. The molecule has 88 valence electrons. The van der Waals surface area contributed by atoms with Crippen molar-refractivity contribution in [3.8, 4) is 0 Å². The SMILES string of the molecule is Cc1ccc2c(c1)c(=O)c(C(=O)O)c(C)n2C. The van der Waals surface area contributed by atoms with E-state index in [-0.39, 0.29) is 5.56 Å². The quantitative estimate of drug-likeness (QED) is 0.814. The van der Waals surface area contributed by atoms with E-state index in [1.54, 1.807) is 24.6 Å². The third-order valence-electron chi connectivity index (χ3n) is 3.06. The van der Waals surface area contributed by atoms with Crippen LogP contribution in [0.5, 0.6) is 0 Å². The Morgan fingerprint density at radius 2 is 1.94 bits per heavy atom. The van der Waals surface area contributed by atoms with E-state index in [4.69, 9.17) is 5.11 Å². The van der Waals surface area contributed by atoms with Crippen molar-refractivity contribution < 1.29 is 9.90 Å². The molecule has 1 N–H and O–H groups in total. The second-order valence-electron chi connectivity index (χ2n) is 4.17. The van der Waals surface area contributed by atoms with E-state index in [0.29, 0.717) is 11.1 Å². The van der Waals surface area contributed by atoms with Crippen molar-refractivity contribution >= 4 is 16.9 Å². The minimum absolute atomic E-state index is 0.148. The van der Waals surface area contributed by atoms with Crippen LogP contribution in [0.4, 0.5) is 0 Å². The number of hydrogen-bond acceptors (Lipinski definition) is 2. The Morgan fingerprint density at radius 3 is 2.53 bits per heavy atom. The Morgan fingerprint density at radius 1 is 1.29 bits per heavy atom. The highest BCUT2D eigenvalue weighted by Gasteiger charge is 2.17. The lowest BCUT2D eigenvalue weighted by Gasteiger charge is -2.12. The first-order chi connectivity index (χ1) is 7.93. The lowest BCUT2D eigenvalue weighted by Crippen LogP contribution is -2.21. The maximum atomic E-state index is 12.1. The second-order valence-corrected chi connectivity index (χ2v) is 4.17. The molecule has 0 aliphatic rings. The molecular weight excluding hydrogens is 218 g/mol. The highest BCUT2D eigenvalue weighted by atomic mass is 16.4. The van der Waals surface area contributed by atoms with Gasteiger partial charge in [0.2, 0.25) is 5.43 Å². The van der Waals surface area contributed by atoms with Crippen molar-refractivity contribution in [3.63, 3.8) is 0 Å². The summed E-state index contributed by atoms with van der Waals surface area (Å²) in [5.74, 6) is -1.17. The van der Waals surface area contributed by atoms with Gasteiger partial charge in [-0.15, -0.1) is 0 Å². The molecule has 0 unspecified atom stereocenters.